The average Bonchev–Trinajstić information content (AvgIpc) is 3.53. The van der Waals surface area contributed by atoms with E-state index in [1.54, 1.807) is 0 Å². The molecule has 4 aliphatic rings. The maximum absolute atomic E-state index is 5.86. The Hall–Kier alpha value is -2.94. The predicted octanol–water partition coefficient (Wildman–Crippen LogP) is 8.83. The van der Waals surface area contributed by atoms with Crippen molar-refractivity contribution in [1.29, 1.82) is 0 Å². The molecule has 0 nitrogen and oxygen atoms in total. The van der Waals surface area contributed by atoms with Gasteiger partial charge >= 0.3 is 0 Å². The smallest absolute Gasteiger partial charge is 0.0453 e. The molecule has 2 heteroatoms. The average molecular weight is 501 g/mol. The van der Waals surface area contributed by atoms with Gasteiger partial charge in [0.2, 0.25) is 0 Å². The first-order chi connectivity index (χ1) is 17.4. The van der Waals surface area contributed by atoms with Gasteiger partial charge in [-0.05, 0) is 120 Å². The molecule has 0 aromatic heterocycles. The number of rotatable bonds is 5. The summed E-state index contributed by atoms with van der Waals surface area (Å²) in [5, 5.41) is 0. The molecule has 0 N–H and O–H groups in total. The Morgan fingerprint density at radius 1 is 0.556 bits per heavy atom. The lowest BCUT2D eigenvalue weighted by Gasteiger charge is -2.16. The molecule has 0 aliphatic heterocycles. The molecule has 2 atom stereocenters. The Morgan fingerprint density at radius 3 is 1.28 bits per heavy atom. The number of allylic oxidation sites excluding steroid dienone is 12. The summed E-state index contributed by atoms with van der Waals surface area (Å²) in [6, 6.07) is 21.6. The highest BCUT2D eigenvalue weighted by atomic mass is 32.1. The fourth-order valence-electron chi connectivity index (χ4n) is 6.47. The zero-order chi connectivity index (χ0) is 25.1. The first-order valence-corrected chi connectivity index (χ1v) is 13.5. The largest absolute Gasteiger partial charge is 0.0795 e. The first kappa shape index (κ1) is 23.5. The van der Waals surface area contributed by atoms with Crippen molar-refractivity contribution in [3.05, 3.63) is 129 Å². The van der Waals surface area contributed by atoms with E-state index in [1.807, 2.05) is 0 Å². The van der Waals surface area contributed by atoms with E-state index in [9.17, 15) is 0 Å². The zero-order valence-electron chi connectivity index (χ0n) is 21.2. The van der Waals surface area contributed by atoms with Crippen LogP contribution in [0.3, 0.4) is 0 Å². The number of thiocarbonyl (C=S) groups is 2. The minimum atomic E-state index is 0.159. The summed E-state index contributed by atoms with van der Waals surface area (Å²) in [6.45, 7) is 8.72. The van der Waals surface area contributed by atoms with Gasteiger partial charge in [-0.25, -0.2) is 0 Å². The van der Waals surface area contributed by atoms with Crippen molar-refractivity contribution in [1.82, 2.24) is 0 Å². The van der Waals surface area contributed by atoms with Gasteiger partial charge in [0, 0.05) is 21.6 Å². The van der Waals surface area contributed by atoms with Crippen LogP contribution < -0.4 is 0 Å². The van der Waals surface area contributed by atoms with Gasteiger partial charge < -0.3 is 0 Å². The molecule has 2 aromatic rings. The molecule has 6 rings (SSSR count). The molecule has 36 heavy (non-hydrogen) atoms. The molecule has 176 valence electrons. The molecular formula is C34H28S2. The molecule has 2 radical (unpaired) electrons. The second-order valence-electron chi connectivity index (χ2n) is 10.2. The normalized spacial score (nSPS) is 23.2. The maximum Gasteiger partial charge on any atom is 0.0453 e. The van der Waals surface area contributed by atoms with Crippen LogP contribution in [0.5, 0.6) is 0 Å². The quantitative estimate of drug-likeness (QED) is 0.376. The van der Waals surface area contributed by atoms with Gasteiger partial charge in [-0.3, -0.25) is 0 Å². The van der Waals surface area contributed by atoms with Gasteiger partial charge in [0.05, 0.1) is 0 Å². The molecule has 0 heterocycles. The Balaban J connectivity index is 1.46. The summed E-state index contributed by atoms with van der Waals surface area (Å²) in [5.41, 5.74) is 15.7. The van der Waals surface area contributed by atoms with Crippen LogP contribution in [-0.4, -0.2) is 9.73 Å². The standard InChI is InChI=1S/C34H28S2/c1-19-17-27-29(33(19)35)21(3)25(31(27)23-11-7-5-8-12-23)15-16-26-22(4)30-28(18-20(2)34(30)36)32(26)24-13-9-6-10-14-24/h5-14,27-28H,15-16H2,1-4H3. The molecular weight excluding hydrogens is 473 g/mol. The summed E-state index contributed by atoms with van der Waals surface area (Å²) in [7, 11) is 0. The van der Waals surface area contributed by atoms with Crippen LogP contribution in [0.15, 0.2) is 105 Å². The first-order valence-electron chi connectivity index (χ1n) is 12.7. The van der Waals surface area contributed by atoms with Crippen molar-refractivity contribution >= 4 is 45.3 Å². The highest BCUT2D eigenvalue weighted by Crippen LogP contribution is 2.53. The molecule has 4 aliphatic carbocycles. The molecule has 0 fully saturated rings. The van der Waals surface area contributed by atoms with Crippen LogP contribution in [0.4, 0.5) is 0 Å². The van der Waals surface area contributed by atoms with Gasteiger partial charge in [0.25, 0.3) is 0 Å². The van der Waals surface area contributed by atoms with Crippen LogP contribution in [0.25, 0.3) is 11.1 Å². The van der Waals surface area contributed by atoms with Crippen molar-refractivity contribution in [3.8, 4) is 0 Å². The number of hydrogen-bond acceptors (Lipinski definition) is 2. The highest BCUT2D eigenvalue weighted by molar-refractivity contribution is 7.81. The third-order valence-corrected chi connectivity index (χ3v) is 9.26. The summed E-state index contributed by atoms with van der Waals surface area (Å²) in [5.74, 6) is 0.317. The van der Waals surface area contributed by atoms with Crippen molar-refractivity contribution in [2.75, 3.05) is 0 Å². The van der Waals surface area contributed by atoms with Crippen molar-refractivity contribution < 1.29 is 0 Å². The Kier molecular flexibility index (Phi) is 5.78. The number of hydrogen-bond donors (Lipinski definition) is 0. The lowest BCUT2D eigenvalue weighted by Crippen LogP contribution is -2.01. The van der Waals surface area contributed by atoms with E-state index < -0.39 is 0 Å². The number of fused-ring (bicyclic) bond motifs is 2. The van der Waals surface area contributed by atoms with Crippen LogP contribution in [0, 0.1) is 24.0 Å². The minimum Gasteiger partial charge on any atom is -0.0795 e. The summed E-state index contributed by atoms with van der Waals surface area (Å²) < 4.78 is 0. The molecule has 0 bridgehead atoms. The van der Waals surface area contributed by atoms with Gasteiger partial charge in [0.1, 0.15) is 0 Å². The second kappa shape index (κ2) is 8.87. The molecule has 0 spiro atoms. The Morgan fingerprint density at radius 2 is 0.917 bits per heavy atom. The van der Waals surface area contributed by atoms with E-state index in [0.717, 1.165) is 33.7 Å². The summed E-state index contributed by atoms with van der Waals surface area (Å²) in [4.78, 5) is 1.97. The van der Waals surface area contributed by atoms with Crippen molar-refractivity contribution in [2.24, 2.45) is 11.8 Å². The van der Waals surface area contributed by atoms with Crippen molar-refractivity contribution in [3.63, 3.8) is 0 Å². The molecule has 2 aromatic carbocycles. The molecule has 0 saturated heterocycles. The van der Waals surface area contributed by atoms with Gasteiger partial charge in [-0.1, -0.05) is 85.1 Å². The SMILES string of the molecule is CC1=[C]C2C(=C(C)C(CCC3=C(c4ccccc4)C4[C]=C(C)C(=S)C4=C3C)=C2c2ccccc2)C1=S. The van der Waals surface area contributed by atoms with Crippen LogP contribution in [0.2, 0.25) is 0 Å². The van der Waals surface area contributed by atoms with Crippen LogP contribution in [0.1, 0.15) is 51.7 Å². The topological polar surface area (TPSA) is 0 Å². The highest BCUT2D eigenvalue weighted by Gasteiger charge is 2.40. The van der Waals surface area contributed by atoms with E-state index in [-0.39, 0.29) is 11.8 Å². The van der Waals surface area contributed by atoms with Crippen LogP contribution in [-0.2, 0) is 0 Å². The lowest BCUT2D eigenvalue weighted by atomic mass is 9.87. The number of benzene rings is 2. The van der Waals surface area contributed by atoms with Gasteiger partial charge in [-0.2, -0.15) is 0 Å². The molecule has 2 unspecified atom stereocenters. The molecule has 0 saturated carbocycles. The van der Waals surface area contributed by atoms with E-state index in [4.69, 9.17) is 24.4 Å². The maximum atomic E-state index is 5.86. The van der Waals surface area contributed by atoms with Gasteiger partial charge in [-0.15, -0.1) is 0 Å². The molecule has 0 amide bonds. The van der Waals surface area contributed by atoms with Crippen molar-refractivity contribution in [2.45, 2.75) is 40.5 Å². The minimum absolute atomic E-state index is 0.159. The predicted molar refractivity (Wildman–Crippen MR) is 158 cm³/mol. The third kappa shape index (κ3) is 3.46. The van der Waals surface area contributed by atoms with E-state index >= 15 is 0 Å². The lowest BCUT2D eigenvalue weighted by molar-refractivity contribution is 0.942. The third-order valence-electron chi connectivity index (χ3n) is 8.20. The second-order valence-corrected chi connectivity index (χ2v) is 11.0. The summed E-state index contributed by atoms with van der Waals surface area (Å²) >= 11 is 11.7. The zero-order valence-corrected chi connectivity index (χ0v) is 22.8. The Labute approximate surface area is 225 Å². The summed E-state index contributed by atoms with van der Waals surface area (Å²) in [6.07, 6.45) is 9.34. The van der Waals surface area contributed by atoms with E-state index in [0.29, 0.717) is 0 Å². The Bertz CT molecular complexity index is 1400. The van der Waals surface area contributed by atoms with Crippen LogP contribution >= 0.6 is 24.4 Å². The van der Waals surface area contributed by atoms with Gasteiger partial charge in [0.15, 0.2) is 0 Å². The monoisotopic (exact) mass is 500 g/mol. The fourth-order valence-corrected chi connectivity index (χ4v) is 7.13. The van der Waals surface area contributed by atoms with E-state index in [2.05, 4.69) is 101 Å². The van der Waals surface area contributed by atoms with E-state index in [1.165, 1.54) is 55.7 Å². The fraction of sp³-hybridized carbons (Fsp3) is 0.235.